The number of esters is 1. The second-order valence-electron chi connectivity index (χ2n) is 11.4. The van der Waals surface area contributed by atoms with Gasteiger partial charge in [0.25, 0.3) is 0 Å². The number of hydrogen-bond acceptors (Lipinski definition) is 6. The van der Waals surface area contributed by atoms with Gasteiger partial charge in [0, 0.05) is 48.3 Å². The number of carbonyl (C=O) groups is 5. The van der Waals surface area contributed by atoms with Crippen LogP contribution in [0.15, 0.2) is 0 Å². The minimum atomic E-state index is -0.675. The number of amides is 2. The van der Waals surface area contributed by atoms with E-state index in [1.54, 1.807) is 0 Å². The maximum absolute atomic E-state index is 13.2. The normalized spacial score (nSPS) is 14.1. The summed E-state index contributed by atoms with van der Waals surface area (Å²) < 4.78 is 5.47. The molecule has 8 nitrogen and oxygen atoms in total. The maximum atomic E-state index is 13.2. The van der Waals surface area contributed by atoms with Gasteiger partial charge >= 0.3 is 5.97 Å². The van der Waals surface area contributed by atoms with Gasteiger partial charge in [-0.25, -0.2) is 0 Å². The maximum Gasteiger partial charge on any atom is 0.310 e. The van der Waals surface area contributed by atoms with E-state index in [1.165, 1.54) is 6.92 Å². The van der Waals surface area contributed by atoms with Gasteiger partial charge in [0.2, 0.25) is 11.8 Å². The minimum Gasteiger partial charge on any atom is -0.462 e. The summed E-state index contributed by atoms with van der Waals surface area (Å²) in [6.45, 7) is 13.0. The van der Waals surface area contributed by atoms with Crippen molar-refractivity contribution in [3.8, 4) is 0 Å². The molecule has 0 spiro atoms. The third kappa shape index (κ3) is 15.3. The lowest BCUT2D eigenvalue weighted by Gasteiger charge is -2.28. The summed E-state index contributed by atoms with van der Waals surface area (Å²) in [5, 5.41) is 6.69. The molecular weight excluding hydrogens is 620 g/mol. The third-order valence-electron chi connectivity index (χ3n) is 6.34. The van der Waals surface area contributed by atoms with E-state index in [-0.39, 0.29) is 53.7 Å². The molecule has 0 aromatic heterocycles. The van der Waals surface area contributed by atoms with Gasteiger partial charge in [-0.3, -0.25) is 24.0 Å². The summed E-state index contributed by atoms with van der Waals surface area (Å²) in [7, 11) is 0. The molecule has 10 heteroatoms. The first-order chi connectivity index (χ1) is 17.6. The number of hydrogen-bond donors (Lipinski definition) is 2. The van der Waals surface area contributed by atoms with Crippen LogP contribution in [0.4, 0.5) is 0 Å². The van der Waals surface area contributed by atoms with Crippen molar-refractivity contribution in [1.29, 1.82) is 0 Å². The van der Waals surface area contributed by atoms with Crippen molar-refractivity contribution in [2.24, 2.45) is 23.2 Å². The quantitative estimate of drug-likeness (QED) is 0.112. The number of rotatable bonds is 19. The van der Waals surface area contributed by atoms with E-state index in [0.29, 0.717) is 49.3 Å². The number of unbranched alkanes of at least 4 members (excludes halogenated alkanes) is 1. The van der Waals surface area contributed by atoms with E-state index in [4.69, 9.17) is 4.74 Å². The van der Waals surface area contributed by atoms with Crippen molar-refractivity contribution in [2.45, 2.75) is 106 Å². The van der Waals surface area contributed by atoms with E-state index >= 15 is 0 Å². The van der Waals surface area contributed by atoms with E-state index in [1.807, 2.05) is 41.5 Å². The fraction of sp³-hybridized carbons (Fsp3) is 0.821. The molecule has 0 aromatic rings. The lowest BCUT2D eigenvalue weighted by Crippen LogP contribution is -2.48. The van der Waals surface area contributed by atoms with Crippen LogP contribution in [0.2, 0.25) is 0 Å². The van der Waals surface area contributed by atoms with Crippen LogP contribution in [0, 0.1) is 23.2 Å². The Balaban J connectivity index is 4.88. The molecule has 2 N–H and O–H groups in total. The van der Waals surface area contributed by atoms with Crippen LogP contribution in [0.5, 0.6) is 0 Å². The van der Waals surface area contributed by atoms with Gasteiger partial charge in [-0.15, -0.1) is 0 Å². The average molecular weight is 669 g/mol. The molecule has 0 saturated carbocycles. The number of ketones is 2. The van der Waals surface area contributed by atoms with Crippen LogP contribution < -0.4 is 10.6 Å². The SMILES string of the molecule is CC(=O)NCCC[C@H](NC(=O)[C@@H](CC(=O)CCCCC(C)OC(=O)C(CBr)CBr)C(C)C)C(=O)C(C)(C)C. The van der Waals surface area contributed by atoms with Gasteiger partial charge in [-0.1, -0.05) is 66.5 Å². The zero-order valence-electron chi connectivity index (χ0n) is 24.2. The molecule has 3 atom stereocenters. The summed E-state index contributed by atoms with van der Waals surface area (Å²) in [4.78, 5) is 62.1. The van der Waals surface area contributed by atoms with Gasteiger partial charge in [0.1, 0.15) is 5.78 Å². The first-order valence-corrected chi connectivity index (χ1v) is 15.8. The Morgan fingerprint density at radius 2 is 1.50 bits per heavy atom. The van der Waals surface area contributed by atoms with Crippen molar-refractivity contribution >= 4 is 61.2 Å². The Morgan fingerprint density at radius 3 is 2.00 bits per heavy atom. The lowest BCUT2D eigenvalue weighted by atomic mass is 9.83. The molecule has 38 heavy (non-hydrogen) atoms. The second kappa shape index (κ2) is 18.9. The highest BCUT2D eigenvalue weighted by Crippen LogP contribution is 2.22. The predicted molar refractivity (Wildman–Crippen MR) is 157 cm³/mol. The fourth-order valence-electron chi connectivity index (χ4n) is 3.89. The van der Waals surface area contributed by atoms with Gasteiger partial charge in [-0.05, 0) is 44.9 Å². The Kier molecular flexibility index (Phi) is 18.3. The number of alkyl halides is 2. The van der Waals surface area contributed by atoms with Crippen LogP contribution in [0.25, 0.3) is 0 Å². The first-order valence-electron chi connectivity index (χ1n) is 13.6. The largest absolute Gasteiger partial charge is 0.462 e. The Labute approximate surface area is 245 Å². The standard InChI is InChI=1S/C28H48Br2N2O6/c1-18(2)23(15-22(34)12-9-8-11-19(3)38-27(37)21(16-29)17-30)26(36)32-24(25(35)28(5,6)7)13-10-14-31-20(4)33/h18-19,21,23-24H,8-17H2,1-7H3,(H,31,33)(H,32,36)/t19?,23-,24-/m0/s1. The molecule has 1 unspecified atom stereocenters. The van der Waals surface area contributed by atoms with E-state index < -0.39 is 17.4 Å². The van der Waals surface area contributed by atoms with Crippen molar-refractivity contribution in [3.63, 3.8) is 0 Å². The second-order valence-corrected chi connectivity index (χ2v) is 12.7. The van der Waals surface area contributed by atoms with Gasteiger partial charge in [0.15, 0.2) is 5.78 Å². The minimum absolute atomic E-state index is 0.00601. The lowest BCUT2D eigenvalue weighted by molar-refractivity contribution is -0.152. The molecule has 0 aliphatic heterocycles. The number of nitrogens with one attached hydrogen (secondary N) is 2. The molecule has 0 heterocycles. The monoisotopic (exact) mass is 666 g/mol. The third-order valence-corrected chi connectivity index (χ3v) is 7.91. The molecule has 220 valence electrons. The number of ether oxygens (including phenoxy) is 1. The summed E-state index contributed by atoms with van der Waals surface area (Å²) in [6, 6.07) is -0.675. The van der Waals surface area contributed by atoms with Gasteiger partial charge in [0.05, 0.1) is 18.1 Å². The van der Waals surface area contributed by atoms with Crippen molar-refractivity contribution < 1.29 is 28.7 Å². The molecule has 0 aliphatic rings. The summed E-state index contributed by atoms with van der Waals surface area (Å²) in [6.07, 6.45) is 3.27. The van der Waals surface area contributed by atoms with Crippen LogP contribution >= 0.6 is 31.9 Å². The highest BCUT2D eigenvalue weighted by atomic mass is 79.9. The average Bonchev–Trinajstić information content (AvgIpc) is 2.81. The van der Waals surface area contributed by atoms with E-state index in [9.17, 15) is 24.0 Å². The van der Waals surface area contributed by atoms with Crippen LogP contribution in [-0.2, 0) is 28.7 Å². The topological polar surface area (TPSA) is 119 Å². The van der Waals surface area contributed by atoms with Crippen molar-refractivity contribution in [2.75, 3.05) is 17.2 Å². The summed E-state index contributed by atoms with van der Waals surface area (Å²) in [5.41, 5.74) is -0.635. The molecule has 0 fully saturated rings. The molecule has 2 amide bonds. The number of halogens is 2. The van der Waals surface area contributed by atoms with Crippen LogP contribution in [-0.4, -0.2) is 58.7 Å². The predicted octanol–water partition coefficient (Wildman–Crippen LogP) is 5.13. The summed E-state index contributed by atoms with van der Waals surface area (Å²) >= 11 is 6.61. The summed E-state index contributed by atoms with van der Waals surface area (Å²) in [5.74, 6) is -1.57. The molecule has 0 bridgehead atoms. The van der Waals surface area contributed by atoms with E-state index in [0.717, 1.165) is 6.42 Å². The van der Waals surface area contributed by atoms with Gasteiger partial charge < -0.3 is 15.4 Å². The Bertz CT molecular complexity index is 778. The fourth-order valence-corrected chi connectivity index (χ4v) is 5.49. The number of carbonyl (C=O) groups excluding carboxylic acids is 5. The Morgan fingerprint density at radius 1 is 0.895 bits per heavy atom. The molecule has 0 radical (unpaired) electrons. The first kappa shape index (κ1) is 36.7. The zero-order chi connectivity index (χ0) is 29.5. The van der Waals surface area contributed by atoms with E-state index in [2.05, 4.69) is 42.5 Å². The molecule has 0 rings (SSSR count). The van der Waals surface area contributed by atoms with Gasteiger partial charge in [-0.2, -0.15) is 0 Å². The number of Topliss-reactive ketones (excluding diaryl/α,β-unsaturated/α-hetero) is 2. The molecular formula is C28H48Br2N2O6. The van der Waals surface area contributed by atoms with Crippen molar-refractivity contribution in [1.82, 2.24) is 10.6 Å². The van der Waals surface area contributed by atoms with Crippen molar-refractivity contribution in [3.05, 3.63) is 0 Å². The highest BCUT2D eigenvalue weighted by molar-refractivity contribution is 9.09. The smallest absolute Gasteiger partial charge is 0.310 e. The molecule has 0 saturated heterocycles. The highest BCUT2D eigenvalue weighted by Gasteiger charge is 2.33. The molecule has 0 aromatic carbocycles. The Hall–Kier alpha value is -1.29. The molecule has 0 aliphatic carbocycles. The van der Waals surface area contributed by atoms with Crippen LogP contribution in [0.3, 0.4) is 0 Å². The zero-order valence-corrected chi connectivity index (χ0v) is 27.3. The van der Waals surface area contributed by atoms with Crippen LogP contribution in [0.1, 0.15) is 93.4 Å².